The fraction of sp³-hybridized carbons (Fsp3) is 0.200. The van der Waals surface area contributed by atoms with Crippen molar-refractivity contribution >= 4 is 28.7 Å². The minimum absolute atomic E-state index is 0.0899. The van der Waals surface area contributed by atoms with Crippen molar-refractivity contribution in [3.63, 3.8) is 0 Å². The average Bonchev–Trinajstić information content (AvgIpc) is 2.77. The molecular formula is C20H18N6O5. The highest BCUT2D eigenvalue weighted by atomic mass is 16.6. The number of rotatable bonds is 8. The first-order valence-electron chi connectivity index (χ1n) is 9.30. The lowest BCUT2D eigenvalue weighted by atomic mass is 10.1. The van der Waals surface area contributed by atoms with E-state index in [4.69, 9.17) is 4.74 Å². The van der Waals surface area contributed by atoms with E-state index < -0.39 is 16.5 Å². The van der Waals surface area contributed by atoms with E-state index in [1.54, 1.807) is 25.1 Å². The number of fused-ring (bicyclic) bond motifs is 1. The van der Waals surface area contributed by atoms with Crippen LogP contribution in [0.5, 0.6) is 0 Å². The van der Waals surface area contributed by atoms with Crippen LogP contribution in [0.3, 0.4) is 0 Å². The van der Waals surface area contributed by atoms with Crippen LogP contribution in [-0.2, 0) is 4.74 Å². The number of hydrogen-bond acceptors (Lipinski definition) is 9. The first-order chi connectivity index (χ1) is 15.0. The maximum absolute atomic E-state index is 12.7. The van der Waals surface area contributed by atoms with Crippen LogP contribution in [0.25, 0.3) is 5.52 Å². The fourth-order valence-electron chi connectivity index (χ4n) is 2.97. The monoisotopic (exact) mass is 422 g/mol. The number of pyridine rings is 3. The van der Waals surface area contributed by atoms with Crippen molar-refractivity contribution in [3.05, 3.63) is 74.3 Å². The number of carbonyl (C=O) groups excluding carboxylic acids is 1. The van der Waals surface area contributed by atoms with Gasteiger partial charge in [0, 0.05) is 25.4 Å². The van der Waals surface area contributed by atoms with E-state index in [9.17, 15) is 25.0 Å². The first kappa shape index (κ1) is 21.3. The molecule has 0 aliphatic rings. The molecule has 0 fully saturated rings. The van der Waals surface area contributed by atoms with Crippen molar-refractivity contribution in [2.24, 2.45) is 0 Å². The Kier molecular flexibility index (Phi) is 6.42. The molecule has 0 radical (unpaired) electrons. The third kappa shape index (κ3) is 4.43. The van der Waals surface area contributed by atoms with Gasteiger partial charge in [0.15, 0.2) is 0 Å². The highest BCUT2D eigenvalue weighted by Gasteiger charge is 2.23. The van der Waals surface area contributed by atoms with Crippen molar-refractivity contribution in [3.8, 4) is 6.07 Å². The summed E-state index contributed by atoms with van der Waals surface area (Å²) in [5.74, 6) is -0.243. The summed E-state index contributed by atoms with van der Waals surface area (Å²) in [6.45, 7) is 2.31. The number of nitrogens with zero attached hydrogens (tertiary/aromatic N) is 4. The Bertz CT molecular complexity index is 1230. The summed E-state index contributed by atoms with van der Waals surface area (Å²) in [7, 11) is 0. The molecule has 3 heterocycles. The molecule has 0 bridgehead atoms. The molecule has 11 nitrogen and oxygen atoms in total. The van der Waals surface area contributed by atoms with Crippen LogP contribution in [0.15, 0.2) is 47.5 Å². The van der Waals surface area contributed by atoms with Gasteiger partial charge >= 0.3 is 5.97 Å². The summed E-state index contributed by atoms with van der Waals surface area (Å²) >= 11 is 0. The van der Waals surface area contributed by atoms with E-state index in [-0.39, 0.29) is 35.7 Å². The molecular weight excluding hydrogens is 404 g/mol. The standard InChI is InChI=1S/C20H18N6O5/c1-2-31-20(28)17-15-5-3-4-10-25(15)19(27)14(11-21)18(17)23-9-8-22-16-7-6-13(12-24-16)26(29)30/h3-7,10,12,23H,2,8-9H2,1H3,(H,22,24). The number of nitriles is 1. The van der Waals surface area contributed by atoms with E-state index in [0.717, 1.165) is 6.20 Å². The summed E-state index contributed by atoms with van der Waals surface area (Å²) in [4.78, 5) is 39.4. The predicted octanol–water partition coefficient (Wildman–Crippen LogP) is 2.18. The zero-order chi connectivity index (χ0) is 22.4. The molecule has 0 unspecified atom stereocenters. The van der Waals surface area contributed by atoms with Gasteiger partial charge in [-0.05, 0) is 25.1 Å². The fourth-order valence-corrected chi connectivity index (χ4v) is 2.97. The van der Waals surface area contributed by atoms with Crippen LogP contribution in [0.4, 0.5) is 17.2 Å². The van der Waals surface area contributed by atoms with Crippen molar-refractivity contribution in [1.82, 2.24) is 9.38 Å². The Morgan fingerprint density at radius 2 is 2.06 bits per heavy atom. The molecule has 0 amide bonds. The lowest BCUT2D eigenvalue weighted by Crippen LogP contribution is -2.25. The minimum atomic E-state index is -0.657. The number of ether oxygens (including phenoxy) is 1. The Hall–Kier alpha value is -4.46. The van der Waals surface area contributed by atoms with Gasteiger partial charge in [0.1, 0.15) is 29.2 Å². The molecule has 3 aromatic rings. The first-order valence-corrected chi connectivity index (χ1v) is 9.30. The van der Waals surface area contributed by atoms with Gasteiger partial charge in [-0.1, -0.05) is 6.07 Å². The van der Waals surface area contributed by atoms with E-state index in [0.29, 0.717) is 17.9 Å². The molecule has 0 aliphatic carbocycles. The van der Waals surface area contributed by atoms with Crippen molar-refractivity contribution in [1.29, 1.82) is 5.26 Å². The van der Waals surface area contributed by atoms with Crippen molar-refractivity contribution < 1.29 is 14.5 Å². The number of esters is 1. The second-order valence-electron chi connectivity index (χ2n) is 6.23. The SMILES string of the molecule is CCOC(=O)c1c(NCCNc2ccc([N+](=O)[O-])cn2)c(C#N)c(=O)n2ccccc12. The van der Waals surface area contributed by atoms with Gasteiger partial charge in [-0.2, -0.15) is 5.26 Å². The Morgan fingerprint density at radius 3 is 2.71 bits per heavy atom. The van der Waals surface area contributed by atoms with Gasteiger partial charge in [0.25, 0.3) is 11.2 Å². The number of aromatic nitrogens is 2. The van der Waals surface area contributed by atoms with E-state index >= 15 is 0 Å². The number of hydrogen-bond donors (Lipinski definition) is 2. The van der Waals surface area contributed by atoms with Gasteiger partial charge in [0.2, 0.25) is 0 Å². The third-order valence-electron chi connectivity index (χ3n) is 4.33. The molecule has 3 aromatic heterocycles. The van der Waals surface area contributed by atoms with Gasteiger partial charge < -0.3 is 15.4 Å². The molecule has 11 heteroatoms. The number of carbonyl (C=O) groups is 1. The zero-order valence-electron chi connectivity index (χ0n) is 16.5. The second kappa shape index (κ2) is 9.36. The quantitative estimate of drug-likeness (QED) is 0.241. The van der Waals surface area contributed by atoms with Crippen molar-refractivity contribution in [2.45, 2.75) is 6.92 Å². The summed E-state index contributed by atoms with van der Waals surface area (Å²) in [5, 5.41) is 26.2. The van der Waals surface area contributed by atoms with Gasteiger partial charge in [-0.15, -0.1) is 0 Å². The molecule has 0 atom stereocenters. The largest absolute Gasteiger partial charge is 0.462 e. The average molecular weight is 422 g/mol. The molecule has 0 spiro atoms. The number of nitrogens with one attached hydrogen (secondary N) is 2. The maximum atomic E-state index is 12.7. The molecule has 0 aromatic carbocycles. The maximum Gasteiger partial charge on any atom is 0.342 e. The summed E-state index contributed by atoms with van der Waals surface area (Å²) < 4.78 is 6.37. The summed E-state index contributed by atoms with van der Waals surface area (Å²) in [6.07, 6.45) is 2.61. The molecule has 158 valence electrons. The second-order valence-corrected chi connectivity index (χ2v) is 6.23. The number of anilines is 2. The predicted molar refractivity (Wildman–Crippen MR) is 112 cm³/mol. The van der Waals surface area contributed by atoms with Crippen LogP contribution >= 0.6 is 0 Å². The van der Waals surface area contributed by atoms with E-state index in [1.165, 1.54) is 22.7 Å². The van der Waals surface area contributed by atoms with Crippen LogP contribution in [0.1, 0.15) is 22.8 Å². The Balaban J connectivity index is 1.87. The highest BCUT2D eigenvalue weighted by Crippen LogP contribution is 2.24. The topological polar surface area (TPSA) is 152 Å². The minimum Gasteiger partial charge on any atom is -0.462 e. The van der Waals surface area contributed by atoms with Gasteiger partial charge in [-0.3, -0.25) is 19.3 Å². The Labute approximate surface area is 176 Å². The molecule has 0 saturated carbocycles. The molecule has 31 heavy (non-hydrogen) atoms. The van der Waals surface area contributed by atoms with Gasteiger partial charge in [-0.25, -0.2) is 9.78 Å². The number of nitro groups is 1. The van der Waals surface area contributed by atoms with E-state index in [1.807, 2.05) is 6.07 Å². The van der Waals surface area contributed by atoms with Crippen LogP contribution in [0.2, 0.25) is 0 Å². The summed E-state index contributed by atoms with van der Waals surface area (Å²) in [6, 6.07) is 9.55. The smallest absolute Gasteiger partial charge is 0.342 e. The normalized spacial score (nSPS) is 10.3. The lowest BCUT2D eigenvalue weighted by molar-refractivity contribution is -0.385. The van der Waals surface area contributed by atoms with Crippen LogP contribution in [0, 0.1) is 21.4 Å². The zero-order valence-corrected chi connectivity index (χ0v) is 16.5. The van der Waals surface area contributed by atoms with Gasteiger partial charge in [0.05, 0.1) is 22.7 Å². The van der Waals surface area contributed by atoms with Crippen molar-refractivity contribution in [2.75, 3.05) is 30.3 Å². The molecule has 0 aliphatic heterocycles. The van der Waals surface area contributed by atoms with E-state index in [2.05, 4.69) is 15.6 Å². The Morgan fingerprint density at radius 1 is 1.29 bits per heavy atom. The molecule has 0 saturated heterocycles. The summed E-state index contributed by atoms with van der Waals surface area (Å²) in [5.41, 5.74) is -0.392. The van der Waals surface area contributed by atoms with Crippen LogP contribution < -0.4 is 16.2 Å². The molecule has 3 rings (SSSR count). The third-order valence-corrected chi connectivity index (χ3v) is 4.33. The highest BCUT2D eigenvalue weighted by molar-refractivity contribution is 6.04. The molecule has 2 N–H and O–H groups in total. The lowest BCUT2D eigenvalue weighted by Gasteiger charge is -2.16. The van der Waals surface area contributed by atoms with Crippen LogP contribution in [-0.4, -0.2) is 40.0 Å².